The maximum atomic E-state index is 13.1. The molecule has 3 aromatic rings. The first kappa shape index (κ1) is 19.7. The molecule has 0 saturated carbocycles. The standard InChI is InChI=1S/C21H16FN3O4/c22-16-4-7-18(8-5-16)29-19-9-6-17(12-14(19)3-10-20(26)25-28)24-21(27)15-2-1-11-23-13-15/h1-13,28H,(H,24,27)(H,25,26). The van der Waals surface area contributed by atoms with Gasteiger partial charge in [0.05, 0.1) is 5.56 Å². The molecular weight excluding hydrogens is 377 g/mol. The zero-order valence-corrected chi connectivity index (χ0v) is 15.0. The van der Waals surface area contributed by atoms with E-state index in [4.69, 9.17) is 9.94 Å². The Bertz CT molecular complexity index is 1040. The number of carbonyl (C=O) groups is 2. The summed E-state index contributed by atoms with van der Waals surface area (Å²) in [6.45, 7) is 0. The summed E-state index contributed by atoms with van der Waals surface area (Å²) in [5.74, 6) is -0.737. The molecule has 29 heavy (non-hydrogen) atoms. The van der Waals surface area contributed by atoms with Crippen LogP contribution in [-0.4, -0.2) is 22.0 Å². The fourth-order valence-corrected chi connectivity index (χ4v) is 2.38. The van der Waals surface area contributed by atoms with Gasteiger partial charge < -0.3 is 10.1 Å². The second-order valence-corrected chi connectivity index (χ2v) is 5.81. The predicted octanol–water partition coefficient (Wildman–Crippen LogP) is 3.78. The van der Waals surface area contributed by atoms with Gasteiger partial charge in [-0.3, -0.25) is 19.8 Å². The fraction of sp³-hybridized carbons (Fsp3) is 0. The summed E-state index contributed by atoms with van der Waals surface area (Å²) in [5, 5.41) is 11.4. The van der Waals surface area contributed by atoms with E-state index in [9.17, 15) is 14.0 Å². The Morgan fingerprint density at radius 3 is 2.59 bits per heavy atom. The average Bonchev–Trinajstić information content (AvgIpc) is 2.75. The Hall–Kier alpha value is -4.04. The first-order valence-corrected chi connectivity index (χ1v) is 8.46. The molecule has 0 atom stereocenters. The van der Waals surface area contributed by atoms with Gasteiger partial charge >= 0.3 is 0 Å². The van der Waals surface area contributed by atoms with Crippen LogP contribution in [-0.2, 0) is 4.79 Å². The van der Waals surface area contributed by atoms with Crippen LogP contribution in [0, 0.1) is 5.82 Å². The van der Waals surface area contributed by atoms with Gasteiger partial charge in [-0.05, 0) is 60.7 Å². The number of benzene rings is 2. The first-order chi connectivity index (χ1) is 14.0. The monoisotopic (exact) mass is 393 g/mol. The van der Waals surface area contributed by atoms with Crippen LogP contribution < -0.4 is 15.5 Å². The van der Waals surface area contributed by atoms with Crippen LogP contribution in [0.3, 0.4) is 0 Å². The Morgan fingerprint density at radius 2 is 1.90 bits per heavy atom. The van der Waals surface area contributed by atoms with Crippen LogP contribution in [0.5, 0.6) is 11.5 Å². The zero-order chi connectivity index (χ0) is 20.6. The van der Waals surface area contributed by atoms with Gasteiger partial charge in [-0.25, -0.2) is 9.87 Å². The smallest absolute Gasteiger partial charge is 0.267 e. The van der Waals surface area contributed by atoms with Gasteiger partial charge in [0.15, 0.2) is 0 Å². The van der Waals surface area contributed by atoms with E-state index >= 15 is 0 Å². The molecule has 1 aromatic heterocycles. The highest BCUT2D eigenvalue weighted by Crippen LogP contribution is 2.29. The minimum absolute atomic E-state index is 0.353. The lowest BCUT2D eigenvalue weighted by Gasteiger charge is -2.12. The minimum Gasteiger partial charge on any atom is -0.457 e. The number of rotatable bonds is 6. The van der Waals surface area contributed by atoms with E-state index in [0.29, 0.717) is 28.3 Å². The van der Waals surface area contributed by atoms with E-state index in [1.165, 1.54) is 42.0 Å². The fourth-order valence-electron chi connectivity index (χ4n) is 2.38. The van der Waals surface area contributed by atoms with Crippen LogP contribution >= 0.6 is 0 Å². The summed E-state index contributed by atoms with van der Waals surface area (Å²) in [5.41, 5.74) is 2.78. The van der Waals surface area contributed by atoms with Crippen molar-refractivity contribution in [3.8, 4) is 11.5 Å². The van der Waals surface area contributed by atoms with Crippen molar-refractivity contribution in [2.24, 2.45) is 0 Å². The quantitative estimate of drug-likeness (QED) is 0.336. The highest BCUT2D eigenvalue weighted by molar-refractivity contribution is 6.04. The maximum Gasteiger partial charge on any atom is 0.267 e. The number of aromatic nitrogens is 1. The second-order valence-electron chi connectivity index (χ2n) is 5.81. The average molecular weight is 393 g/mol. The van der Waals surface area contributed by atoms with Gasteiger partial charge in [0.1, 0.15) is 17.3 Å². The number of amides is 2. The third kappa shape index (κ3) is 5.47. The summed E-state index contributed by atoms with van der Waals surface area (Å²) in [4.78, 5) is 27.5. The molecule has 0 aliphatic carbocycles. The van der Waals surface area contributed by atoms with E-state index in [1.54, 1.807) is 36.5 Å². The summed E-state index contributed by atoms with van der Waals surface area (Å²) in [6, 6.07) is 13.5. The van der Waals surface area contributed by atoms with E-state index in [-0.39, 0.29) is 5.91 Å². The van der Waals surface area contributed by atoms with Crippen molar-refractivity contribution in [3.63, 3.8) is 0 Å². The topological polar surface area (TPSA) is 101 Å². The normalized spacial score (nSPS) is 10.6. The number of hydroxylamine groups is 1. The first-order valence-electron chi connectivity index (χ1n) is 8.46. The summed E-state index contributed by atoms with van der Waals surface area (Å²) in [6.07, 6.45) is 5.50. The number of hydrogen-bond acceptors (Lipinski definition) is 5. The van der Waals surface area contributed by atoms with Crippen molar-refractivity contribution in [2.45, 2.75) is 0 Å². The lowest BCUT2D eigenvalue weighted by atomic mass is 10.1. The number of nitrogens with zero attached hydrogens (tertiary/aromatic N) is 1. The van der Waals surface area contributed by atoms with Gasteiger partial charge in [0.25, 0.3) is 11.8 Å². The lowest BCUT2D eigenvalue weighted by Crippen LogP contribution is -2.14. The van der Waals surface area contributed by atoms with E-state index < -0.39 is 11.7 Å². The van der Waals surface area contributed by atoms with Crippen LogP contribution in [0.1, 0.15) is 15.9 Å². The zero-order valence-electron chi connectivity index (χ0n) is 15.0. The molecule has 0 spiro atoms. The van der Waals surface area contributed by atoms with Crippen molar-refractivity contribution >= 4 is 23.6 Å². The number of halogens is 1. The third-order valence-corrected chi connectivity index (χ3v) is 3.76. The molecule has 0 radical (unpaired) electrons. The van der Waals surface area contributed by atoms with Crippen molar-refractivity contribution in [1.82, 2.24) is 10.5 Å². The summed E-state index contributed by atoms with van der Waals surface area (Å²) < 4.78 is 18.8. The molecule has 0 unspecified atom stereocenters. The van der Waals surface area contributed by atoms with E-state index in [1.807, 2.05) is 0 Å². The highest BCUT2D eigenvalue weighted by Gasteiger charge is 2.10. The van der Waals surface area contributed by atoms with E-state index in [2.05, 4.69) is 10.3 Å². The summed E-state index contributed by atoms with van der Waals surface area (Å²) >= 11 is 0. The van der Waals surface area contributed by atoms with Gasteiger partial charge in [0.2, 0.25) is 0 Å². The molecule has 0 saturated heterocycles. The molecule has 1 heterocycles. The number of hydrogen-bond donors (Lipinski definition) is 3. The largest absolute Gasteiger partial charge is 0.457 e. The van der Waals surface area contributed by atoms with Gasteiger partial charge in [-0.1, -0.05) is 0 Å². The van der Waals surface area contributed by atoms with Crippen LogP contribution in [0.2, 0.25) is 0 Å². The molecule has 0 bridgehead atoms. The molecule has 2 amide bonds. The molecule has 0 fully saturated rings. The van der Waals surface area contributed by atoms with Gasteiger partial charge in [-0.2, -0.15) is 0 Å². The number of carbonyl (C=O) groups excluding carboxylic acids is 2. The van der Waals surface area contributed by atoms with Crippen LogP contribution in [0.15, 0.2) is 73.1 Å². The molecule has 0 aliphatic rings. The summed E-state index contributed by atoms with van der Waals surface area (Å²) in [7, 11) is 0. The second kappa shape index (κ2) is 9.25. The highest BCUT2D eigenvalue weighted by atomic mass is 19.1. The third-order valence-electron chi connectivity index (χ3n) is 3.76. The van der Waals surface area contributed by atoms with Crippen molar-refractivity contribution < 1.29 is 23.9 Å². The van der Waals surface area contributed by atoms with Gasteiger partial charge in [0, 0.05) is 29.7 Å². The molecule has 146 valence electrons. The van der Waals surface area contributed by atoms with E-state index in [0.717, 1.165) is 6.08 Å². The van der Waals surface area contributed by atoms with Crippen molar-refractivity contribution in [1.29, 1.82) is 0 Å². The Kier molecular flexibility index (Phi) is 6.29. The lowest BCUT2D eigenvalue weighted by molar-refractivity contribution is -0.124. The minimum atomic E-state index is -0.734. The maximum absolute atomic E-state index is 13.1. The Balaban J connectivity index is 1.87. The van der Waals surface area contributed by atoms with Gasteiger partial charge in [-0.15, -0.1) is 0 Å². The Morgan fingerprint density at radius 1 is 1.10 bits per heavy atom. The molecule has 2 aromatic carbocycles. The predicted molar refractivity (Wildman–Crippen MR) is 104 cm³/mol. The van der Waals surface area contributed by atoms with Crippen molar-refractivity contribution in [3.05, 3.63) is 90.0 Å². The Labute approximate surface area is 165 Å². The van der Waals surface area contributed by atoms with Crippen molar-refractivity contribution in [2.75, 3.05) is 5.32 Å². The molecule has 3 N–H and O–H groups in total. The SMILES string of the molecule is O=C(C=Cc1cc(NC(=O)c2cccnc2)ccc1Oc1ccc(F)cc1)NO. The molecule has 8 heteroatoms. The molecule has 0 aliphatic heterocycles. The van der Waals surface area contributed by atoms with Crippen LogP contribution in [0.4, 0.5) is 10.1 Å². The molecule has 7 nitrogen and oxygen atoms in total. The number of pyridine rings is 1. The number of nitrogens with one attached hydrogen (secondary N) is 2. The molecule has 3 rings (SSSR count). The number of anilines is 1. The molecular formula is C21H16FN3O4. The van der Waals surface area contributed by atoms with Crippen LogP contribution in [0.25, 0.3) is 6.08 Å². The number of ether oxygens (including phenoxy) is 1.